The van der Waals surface area contributed by atoms with Crippen LogP contribution in [0.2, 0.25) is 0 Å². The Hall–Kier alpha value is -3.34. The third-order valence-corrected chi connectivity index (χ3v) is 4.57. The molecule has 0 saturated heterocycles. The molecule has 3 rings (SSSR count). The van der Waals surface area contributed by atoms with E-state index in [0.29, 0.717) is 5.56 Å². The van der Waals surface area contributed by atoms with Gasteiger partial charge >= 0.3 is 5.97 Å². The van der Waals surface area contributed by atoms with Crippen LogP contribution in [0.3, 0.4) is 0 Å². The first-order valence-corrected chi connectivity index (χ1v) is 9.19. The summed E-state index contributed by atoms with van der Waals surface area (Å²) in [6.45, 7) is 5.92. The maximum atomic E-state index is 12.6. The van der Waals surface area contributed by atoms with Crippen molar-refractivity contribution in [2.24, 2.45) is 0 Å². The molecule has 2 aromatic carbocycles. The molecule has 1 N–H and O–H groups in total. The zero-order chi connectivity index (χ0) is 20.1. The molecule has 0 aliphatic rings. The number of nitrogens with zero attached hydrogens (tertiary/aromatic N) is 1. The number of benzene rings is 2. The number of ether oxygens (including phenoxy) is 1. The van der Waals surface area contributed by atoms with Gasteiger partial charge in [-0.05, 0) is 50.1 Å². The van der Waals surface area contributed by atoms with Crippen molar-refractivity contribution in [3.8, 4) is 5.69 Å². The number of carbonyl (C=O) groups is 2. The molecule has 5 heteroatoms. The lowest BCUT2D eigenvalue weighted by molar-refractivity contribution is -0.143. The molecule has 0 atom stereocenters. The maximum absolute atomic E-state index is 12.6. The van der Waals surface area contributed by atoms with E-state index in [4.69, 9.17) is 4.74 Å². The molecular formula is C23H24N2O3. The van der Waals surface area contributed by atoms with Gasteiger partial charge < -0.3 is 14.6 Å². The van der Waals surface area contributed by atoms with E-state index in [1.165, 1.54) is 0 Å². The molecule has 0 fully saturated rings. The third-order valence-electron chi connectivity index (χ3n) is 4.57. The first-order valence-electron chi connectivity index (χ1n) is 9.19. The van der Waals surface area contributed by atoms with Crippen LogP contribution in [0.5, 0.6) is 0 Å². The van der Waals surface area contributed by atoms with E-state index in [9.17, 15) is 9.59 Å². The first kappa shape index (κ1) is 19.4. The SMILES string of the molecule is Cc1cccc(-n2c(C)cc(C(=O)NCC(=O)OCc3ccccc3)c2C)c1. The Balaban J connectivity index is 1.63. The normalized spacial score (nSPS) is 10.5. The summed E-state index contributed by atoms with van der Waals surface area (Å²) in [7, 11) is 0. The van der Waals surface area contributed by atoms with Crippen molar-refractivity contribution >= 4 is 11.9 Å². The Labute approximate surface area is 165 Å². The van der Waals surface area contributed by atoms with Crippen LogP contribution in [0.4, 0.5) is 0 Å². The van der Waals surface area contributed by atoms with Gasteiger partial charge in [0.2, 0.25) is 0 Å². The smallest absolute Gasteiger partial charge is 0.325 e. The van der Waals surface area contributed by atoms with E-state index in [-0.39, 0.29) is 19.1 Å². The van der Waals surface area contributed by atoms with Gasteiger partial charge in [0.15, 0.2) is 0 Å². The maximum Gasteiger partial charge on any atom is 0.325 e. The van der Waals surface area contributed by atoms with Crippen molar-refractivity contribution in [1.82, 2.24) is 9.88 Å². The minimum absolute atomic E-state index is 0.167. The summed E-state index contributed by atoms with van der Waals surface area (Å²) in [6, 6.07) is 19.4. The van der Waals surface area contributed by atoms with Crippen LogP contribution in [0.25, 0.3) is 5.69 Å². The largest absolute Gasteiger partial charge is 0.460 e. The standard InChI is InChI=1S/C23H24N2O3/c1-16-8-7-11-20(12-16)25-17(2)13-21(18(25)3)23(27)24-14-22(26)28-15-19-9-5-4-6-10-19/h4-13H,14-15H2,1-3H3,(H,24,27). The summed E-state index contributed by atoms with van der Waals surface area (Å²) in [6.07, 6.45) is 0. The quantitative estimate of drug-likeness (QED) is 0.664. The molecule has 28 heavy (non-hydrogen) atoms. The van der Waals surface area contributed by atoms with Crippen LogP contribution >= 0.6 is 0 Å². The van der Waals surface area contributed by atoms with Crippen molar-refractivity contribution in [2.45, 2.75) is 27.4 Å². The number of rotatable bonds is 6. The van der Waals surface area contributed by atoms with Gasteiger partial charge in [0.25, 0.3) is 5.91 Å². The van der Waals surface area contributed by atoms with Crippen LogP contribution < -0.4 is 5.32 Å². The van der Waals surface area contributed by atoms with Crippen molar-refractivity contribution in [3.05, 3.63) is 88.7 Å². The second-order valence-corrected chi connectivity index (χ2v) is 6.79. The minimum atomic E-state index is -0.468. The van der Waals surface area contributed by atoms with E-state index in [1.54, 1.807) is 0 Å². The zero-order valence-electron chi connectivity index (χ0n) is 16.4. The highest BCUT2D eigenvalue weighted by atomic mass is 16.5. The van der Waals surface area contributed by atoms with Crippen LogP contribution in [-0.2, 0) is 16.1 Å². The van der Waals surface area contributed by atoms with Gasteiger partial charge in [-0.15, -0.1) is 0 Å². The number of esters is 1. The molecule has 0 radical (unpaired) electrons. The highest BCUT2D eigenvalue weighted by Gasteiger charge is 2.17. The Morgan fingerprint density at radius 1 is 0.964 bits per heavy atom. The molecule has 0 spiro atoms. The lowest BCUT2D eigenvalue weighted by Crippen LogP contribution is -2.30. The topological polar surface area (TPSA) is 60.3 Å². The summed E-state index contributed by atoms with van der Waals surface area (Å²) in [5, 5.41) is 2.65. The second kappa shape index (κ2) is 8.57. The van der Waals surface area contributed by atoms with Crippen molar-refractivity contribution in [1.29, 1.82) is 0 Å². The first-order chi connectivity index (χ1) is 13.5. The van der Waals surface area contributed by atoms with Gasteiger partial charge in [-0.25, -0.2) is 0 Å². The molecule has 0 aliphatic carbocycles. The number of hydrogen-bond acceptors (Lipinski definition) is 3. The van der Waals surface area contributed by atoms with Crippen LogP contribution in [0, 0.1) is 20.8 Å². The second-order valence-electron chi connectivity index (χ2n) is 6.79. The van der Waals surface area contributed by atoms with Gasteiger partial charge in [0, 0.05) is 17.1 Å². The molecule has 5 nitrogen and oxygen atoms in total. The summed E-state index contributed by atoms with van der Waals surface area (Å²) < 4.78 is 7.23. The van der Waals surface area contributed by atoms with Crippen LogP contribution in [0.1, 0.15) is 32.9 Å². The molecule has 0 bridgehead atoms. The highest BCUT2D eigenvalue weighted by molar-refractivity contribution is 5.97. The molecule has 0 aliphatic heterocycles. The molecule has 1 aromatic heterocycles. The molecule has 0 unspecified atom stereocenters. The van der Waals surface area contributed by atoms with Gasteiger partial charge in [-0.2, -0.15) is 0 Å². The molecular weight excluding hydrogens is 352 g/mol. The van der Waals surface area contributed by atoms with E-state index < -0.39 is 5.97 Å². The average molecular weight is 376 g/mol. The van der Waals surface area contributed by atoms with Gasteiger partial charge in [-0.3, -0.25) is 9.59 Å². The lowest BCUT2D eigenvalue weighted by atomic mass is 10.2. The number of aromatic nitrogens is 1. The number of aryl methyl sites for hydroxylation is 2. The van der Waals surface area contributed by atoms with Crippen LogP contribution in [-0.4, -0.2) is 23.0 Å². The minimum Gasteiger partial charge on any atom is -0.460 e. The summed E-state index contributed by atoms with van der Waals surface area (Å²) in [5.74, 6) is -0.756. The lowest BCUT2D eigenvalue weighted by Gasteiger charge is -2.11. The number of carbonyl (C=O) groups excluding carboxylic acids is 2. The van der Waals surface area contributed by atoms with E-state index in [2.05, 4.69) is 11.4 Å². The fraction of sp³-hybridized carbons (Fsp3) is 0.217. The Bertz CT molecular complexity index is 990. The van der Waals surface area contributed by atoms with Crippen molar-refractivity contribution < 1.29 is 14.3 Å². The summed E-state index contributed by atoms with van der Waals surface area (Å²) in [4.78, 5) is 24.5. The third kappa shape index (κ3) is 4.49. The number of nitrogens with one attached hydrogen (secondary N) is 1. The van der Waals surface area contributed by atoms with Gasteiger partial charge in [-0.1, -0.05) is 42.5 Å². The number of hydrogen-bond donors (Lipinski definition) is 1. The Kier molecular flexibility index (Phi) is 5.94. The molecule has 144 valence electrons. The fourth-order valence-electron chi connectivity index (χ4n) is 3.19. The fourth-order valence-corrected chi connectivity index (χ4v) is 3.19. The van der Waals surface area contributed by atoms with Crippen molar-refractivity contribution in [2.75, 3.05) is 6.54 Å². The van der Waals surface area contributed by atoms with E-state index in [1.807, 2.05) is 79.9 Å². The number of amides is 1. The predicted octanol–water partition coefficient (Wildman–Crippen LogP) is 3.88. The van der Waals surface area contributed by atoms with Gasteiger partial charge in [0.1, 0.15) is 13.2 Å². The van der Waals surface area contributed by atoms with Crippen LogP contribution in [0.15, 0.2) is 60.7 Å². The molecule has 1 heterocycles. The molecule has 0 saturated carbocycles. The average Bonchev–Trinajstić information content (AvgIpc) is 2.99. The Morgan fingerprint density at radius 2 is 1.71 bits per heavy atom. The van der Waals surface area contributed by atoms with E-state index >= 15 is 0 Å². The van der Waals surface area contributed by atoms with E-state index in [0.717, 1.165) is 28.2 Å². The molecule has 3 aromatic rings. The monoisotopic (exact) mass is 376 g/mol. The highest BCUT2D eigenvalue weighted by Crippen LogP contribution is 2.21. The molecule has 1 amide bonds. The Morgan fingerprint density at radius 3 is 2.43 bits per heavy atom. The predicted molar refractivity (Wildman–Crippen MR) is 109 cm³/mol. The summed E-state index contributed by atoms with van der Waals surface area (Å²) >= 11 is 0. The zero-order valence-corrected chi connectivity index (χ0v) is 16.4. The van der Waals surface area contributed by atoms with Crippen molar-refractivity contribution in [3.63, 3.8) is 0 Å². The van der Waals surface area contributed by atoms with Gasteiger partial charge in [0.05, 0.1) is 5.56 Å². The summed E-state index contributed by atoms with van der Waals surface area (Å²) in [5.41, 5.74) is 5.41.